The van der Waals surface area contributed by atoms with Crippen LogP contribution in [0.25, 0.3) is 0 Å². The standard InChI is InChI=1S/C21H25NO2/c23-20(15-17-7-3-1-4-8-17)19-11-13-22(14-12-19)21(24)16-18-9-5-2-6-10-18/h1-10,19-20,23H,11-16H2/t20-/m1/s1. The highest BCUT2D eigenvalue weighted by atomic mass is 16.3. The van der Waals surface area contributed by atoms with Crippen molar-refractivity contribution in [3.05, 3.63) is 71.8 Å². The number of nitrogens with zero attached hydrogens (tertiary/aromatic N) is 1. The van der Waals surface area contributed by atoms with Crippen LogP contribution in [0, 0.1) is 5.92 Å². The van der Waals surface area contributed by atoms with Crippen molar-refractivity contribution in [1.82, 2.24) is 4.90 Å². The molecule has 1 aliphatic heterocycles. The van der Waals surface area contributed by atoms with Crippen molar-refractivity contribution in [2.24, 2.45) is 5.92 Å². The first kappa shape index (κ1) is 16.7. The molecule has 126 valence electrons. The number of piperidine rings is 1. The van der Waals surface area contributed by atoms with Gasteiger partial charge in [-0.25, -0.2) is 0 Å². The van der Waals surface area contributed by atoms with E-state index in [1.165, 1.54) is 5.56 Å². The summed E-state index contributed by atoms with van der Waals surface area (Å²) in [5.74, 6) is 0.475. The lowest BCUT2D eigenvalue weighted by Crippen LogP contribution is -2.42. The van der Waals surface area contributed by atoms with Crippen molar-refractivity contribution in [1.29, 1.82) is 0 Å². The second-order valence-corrected chi connectivity index (χ2v) is 6.64. The van der Waals surface area contributed by atoms with E-state index in [1.807, 2.05) is 53.4 Å². The Bertz CT molecular complexity index is 633. The number of aliphatic hydroxyl groups excluding tert-OH is 1. The van der Waals surface area contributed by atoms with Gasteiger partial charge in [-0.15, -0.1) is 0 Å². The van der Waals surface area contributed by atoms with Gasteiger partial charge in [0.1, 0.15) is 0 Å². The monoisotopic (exact) mass is 323 g/mol. The Morgan fingerprint density at radius 2 is 1.50 bits per heavy atom. The van der Waals surface area contributed by atoms with E-state index in [9.17, 15) is 9.90 Å². The fourth-order valence-electron chi connectivity index (χ4n) is 3.44. The first-order valence-electron chi connectivity index (χ1n) is 8.76. The van der Waals surface area contributed by atoms with Gasteiger partial charge < -0.3 is 10.0 Å². The molecule has 2 aromatic rings. The van der Waals surface area contributed by atoms with Crippen LogP contribution >= 0.6 is 0 Å². The van der Waals surface area contributed by atoms with E-state index in [0.29, 0.717) is 12.8 Å². The molecule has 1 saturated heterocycles. The minimum atomic E-state index is -0.321. The lowest BCUT2D eigenvalue weighted by molar-refractivity contribution is -0.132. The van der Waals surface area contributed by atoms with Crippen molar-refractivity contribution < 1.29 is 9.90 Å². The van der Waals surface area contributed by atoms with Crippen LogP contribution in [0.15, 0.2) is 60.7 Å². The summed E-state index contributed by atoms with van der Waals surface area (Å²) in [4.78, 5) is 14.3. The van der Waals surface area contributed by atoms with E-state index >= 15 is 0 Å². The molecule has 1 amide bonds. The summed E-state index contributed by atoms with van der Waals surface area (Å²) < 4.78 is 0. The quantitative estimate of drug-likeness (QED) is 0.918. The van der Waals surface area contributed by atoms with Crippen LogP contribution in [0.5, 0.6) is 0 Å². The van der Waals surface area contributed by atoms with Gasteiger partial charge in [0.05, 0.1) is 12.5 Å². The molecule has 0 bridgehead atoms. The van der Waals surface area contributed by atoms with Gasteiger partial charge in [0.2, 0.25) is 5.91 Å². The zero-order valence-electron chi connectivity index (χ0n) is 14.0. The maximum Gasteiger partial charge on any atom is 0.226 e. The van der Waals surface area contributed by atoms with Gasteiger partial charge in [0, 0.05) is 13.1 Å². The van der Waals surface area contributed by atoms with Crippen LogP contribution in [0.2, 0.25) is 0 Å². The summed E-state index contributed by atoms with van der Waals surface area (Å²) in [6, 6.07) is 20.0. The Hall–Kier alpha value is -2.13. The zero-order valence-corrected chi connectivity index (χ0v) is 14.0. The third-order valence-electron chi connectivity index (χ3n) is 4.92. The minimum Gasteiger partial charge on any atom is -0.392 e. The smallest absolute Gasteiger partial charge is 0.226 e. The lowest BCUT2D eigenvalue weighted by atomic mass is 9.88. The Kier molecular flexibility index (Phi) is 5.65. The summed E-state index contributed by atoms with van der Waals surface area (Å²) in [5, 5.41) is 10.5. The van der Waals surface area contributed by atoms with E-state index in [4.69, 9.17) is 0 Å². The highest BCUT2D eigenvalue weighted by Crippen LogP contribution is 2.23. The van der Waals surface area contributed by atoms with Crippen molar-refractivity contribution in [2.45, 2.75) is 31.8 Å². The summed E-state index contributed by atoms with van der Waals surface area (Å²) in [6.45, 7) is 1.50. The molecule has 0 saturated carbocycles. The third-order valence-corrected chi connectivity index (χ3v) is 4.92. The van der Waals surface area contributed by atoms with Crippen molar-refractivity contribution >= 4 is 5.91 Å². The van der Waals surface area contributed by atoms with E-state index in [0.717, 1.165) is 31.5 Å². The molecular formula is C21H25NO2. The molecule has 3 rings (SSSR count). The molecule has 1 atom stereocenters. The van der Waals surface area contributed by atoms with Crippen LogP contribution in [0.3, 0.4) is 0 Å². The van der Waals surface area contributed by atoms with E-state index in [2.05, 4.69) is 12.1 Å². The number of rotatable bonds is 5. The van der Waals surface area contributed by atoms with Crippen LogP contribution in [-0.2, 0) is 17.6 Å². The van der Waals surface area contributed by atoms with Crippen LogP contribution in [-0.4, -0.2) is 35.1 Å². The molecule has 3 heteroatoms. The van der Waals surface area contributed by atoms with Crippen molar-refractivity contribution in [3.63, 3.8) is 0 Å². The lowest BCUT2D eigenvalue weighted by Gasteiger charge is -2.34. The van der Waals surface area contributed by atoms with E-state index in [1.54, 1.807) is 0 Å². The molecule has 1 heterocycles. The molecular weight excluding hydrogens is 298 g/mol. The van der Waals surface area contributed by atoms with Crippen LogP contribution < -0.4 is 0 Å². The van der Waals surface area contributed by atoms with Gasteiger partial charge in [-0.05, 0) is 36.3 Å². The number of aliphatic hydroxyl groups is 1. The molecule has 0 unspecified atom stereocenters. The average molecular weight is 323 g/mol. The third kappa shape index (κ3) is 4.45. The van der Waals surface area contributed by atoms with E-state index in [-0.39, 0.29) is 17.9 Å². The van der Waals surface area contributed by atoms with Crippen molar-refractivity contribution in [2.75, 3.05) is 13.1 Å². The molecule has 1 fully saturated rings. The predicted molar refractivity (Wildman–Crippen MR) is 95.6 cm³/mol. The molecule has 2 aromatic carbocycles. The number of hydrogen-bond acceptors (Lipinski definition) is 2. The minimum absolute atomic E-state index is 0.192. The SMILES string of the molecule is O=C(Cc1ccccc1)N1CCC([C@H](O)Cc2ccccc2)CC1. The molecule has 1 aliphatic rings. The first-order valence-corrected chi connectivity index (χ1v) is 8.76. The zero-order chi connectivity index (χ0) is 16.8. The maximum atomic E-state index is 12.4. The molecule has 1 N–H and O–H groups in total. The van der Waals surface area contributed by atoms with Gasteiger partial charge in [0.25, 0.3) is 0 Å². The Morgan fingerprint density at radius 3 is 2.08 bits per heavy atom. The molecule has 0 aromatic heterocycles. The average Bonchev–Trinajstić information content (AvgIpc) is 2.63. The Labute approximate surface area is 143 Å². The van der Waals surface area contributed by atoms with Gasteiger partial charge in [-0.1, -0.05) is 60.7 Å². The maximum absolute atomic E-state index is 12.4. The molecule has 0 spiro atoms. The molecule has 0 radical (unpaired) electrons. The van der Waals surface area contributed by atoms with E-state index < -0.39 is 0 Å². The van der Waals surface area contributed by atoms with Gasteiger partial charge in [-0.3, -0.25) is 4.79 Å². The van der Waals surface area contributed by atoms with Gasteiger partial charge >= 0.3 is 0 Å². The molecule has 24 heavy (non-hydrogen) atoms. The highest BCUT2D eigenvalue weighted by Gasteiger charge is 2.27. The van der Waals surface area contributed by atoms with Crippen LogP contribution in [0.4, 0.5) is 0 Å². The Morgan fingerprint density at radius 1 is 0.958 bits per heavy atom. The topological polar surface area (TPSA) is 40.5 Å². The summed E-state index contributed by atoms with van der Waals surface area (Å²) in [5.41, 5.74) is 2.24. The number of hydrogen-bond donors (Lipinski definition) is 1. The number of carbonyl (C=O) groups excluding carboxylic acids is 1. The molecule has 0 aliphatic carbocycles. The number of likely N-dealkylation sites (tertiary alicyclic amines) is 1. The van der Waals surface area contributed by atoms with Crippen molar-refractivity contribution in [3.8, 4) is 0 Å². The normalized spacial score (nSPS) is 16.8. The highest BCUT2D eigenvalue weighted by molar-refractivity contribution is 5.78. The van der Waals surface area contributed by atoms with Gasteiger partial charge in [-0.2, -0.15) is 0 Å². The second kappa shape index (κ2) is 8.11. The summed E-state index contributed by atoms with van der Waals surface area (Å²) in [7, 11) is 0. The summed E-state index contributed by atoms with van der Waals surface area (Å²) in [6.07, 6.45) is 2.61. The van der Waals surface area contributed by atoms with Crippen LogP contribution in [0.1, 0.15) is 24.0 Å². The first-order chi connectivity index (χ1) is 11.7. The molecule has 3 nitrogen and oxygen atoms in total. The largest absolute Gasteiger partial charge is 0.392 e. The Balaban J connectivity index is 1.47. The second-order valence-electron chi connectivity index (χ2n) is 6.64. The fourth-order valence-corrected chi connectivity index (χ4v) is 3.44. The number of benzene rings is 2. The predicted octanol–water partition coefficient (Wildman–Crippen LogP) is 3.07. The number of amides is 1. The van der Waals surface area contributed by atoms with Gasteiger partial charge in [0.15, 0.2) is 0 Å². The number of carbonyl (C=O) groups is 1. The summed E-state index contributed by atoms with van der Waals surface area (Å²) >= 11 is 0. The fraction of sp³-hybridized carbons (Fsp3) is 0.381.